The highest BCUT2D eigenvalue weighted by Gasteiger charge is 2.20. The van der Waals surface area contributed by atoms with Gasteiger partial charge in [0, 0.05) is 12.6 Å². The van der Waals surface area contributed by atoms with E-state index in [0.717, 1.165) is 32.2 Å². The summed E-state index contributed by atoms with van der Waals surface area (Å²) in [5.74, 6) is 0.641. The van der Waals surface area contributed by atoms with Crippen LogP contribution in [-0.4, -0.2) is 42.0 Å². The van der Waals surface area contributed by atoms with Gasteiger partial charge in [0.15, 0.2) is 0 Å². The number of aliphatic hydroxyl groups is 1. The molecule has 0 aliphatic heterocycles. The molecule has 3 N–H and O–H groups in total. The highest BCUT2D eigenvalue weighted by atomic mass is 16.6. The SMILES string of the molecule is CC(CNC(=O)OC(C)(C)C)NCC1CCC(O)CC1. The maximum Gasteiger partial charge on any atom is 0.407 e. The van der Waals surface area contributed by atoms with Crippen molar-refractivity contribution in [3.63, 3.8) is 0 Å². The third kappa shape index (κ3) is 7.70. The van der Waals surface area contributed by atoms with Crippen molar-refractivity contribution in [3.8, 4) is 0 Å². The zero-order chi connectivity index (χ0) is 15.2. The largest absolute Gasteiger partial charge is 0.444 e. The molecule has 20 heavy (non-hydrogen) atoms. The fourth-order valence-electron chi connectivity index (χ4n) is 2.34. The first-order chi connectivity index (χ1) is 9.26. The molecule has 1 fully saturated rings. The number of carbonyl (C=O) groups excluding carboxylic acids is 1. The van der Waals surface area contributed by atoms with Gasteiger partial charge in [0.1, 0.15) is 5.60 Å². The molecule has 1 aliphatic carbocycles. The van der Waals surface area contributed by atoms with Gasteiger partial charge >= 0.3 is 6.09 Å². The quantitative estimate of drug-likeness (QED) is 0.723. The summed E-state index contributed by atoms with van der Waals surface area (Å²) in [6.07, 6.45) is 3.53. The number of aliphatic hydroxyl groups excluding tert-OH is 1. The topological polar surface area (TPSA) is 70.6 Å². The Labute approximate surface area is 122 Å². The van der Waals surface area contributed by atoms with E-state index in [0.29, 0.717) is 12.5 Å². The lowest BCUT2D eigenvalue weighted by molar-refractivity contribution is 0.0522. The summed E-state index contributed by atoms with van der Waals surface area (Å²) in [4.78, 5) is 11.5. The summed E-state index contributed by atoms with van der Waals surface area (Å²) in [7, 11) is 0. The van der Waals surface area contributed by atoms with Gasteiger partial charge in [0.05, 0.1) is 6.10 Å². The number of nitrogens with one attached hydrogen (secondary N) is 2. The number of carbonyl (C=O) groups is 1. The number of amides is 1. The molecule has 1 saturated carbocycles. The molecular weight excluding hydrogens is 256 g/mol. The van der Waals surface area contributed by atoms with Crippen LogP contribution in [-0.2, 0) is 4.74 Å². The van der Waals surface area contributed by atoms with Crippen molar-refractivity contribution in [2.24, 2.45) is 5.92 Å². The molecule has 1 atom stereocenters. The van der Waals surface area contributed by atoms with Gasteiger partial charge in [-0.2, -0.15) is 0 Å². The van der Waals surface area contributed by atoms with Crippen LogP contribution in [0.15, 0.2) is 0 Å². The molecule has 0 saturated heterocycles. The van der Waals surface area contributed by atoms with E-state index in [1.54, 1.807) is 0 Å². The summed E-state index contributed by atoms with van der Waals surface area (Å²) in [5.41, 5.74) is -0.455. The number of hydrogen-bond donors (Lipinski definition) is 3. The number of alkyl carbamates (subject to hydrolysis) is 1. The van der Waals surface area contributed by atoms with Crippen LogP contribution in [0.2, 0.25) is 0 Å². The molecule has 0 aromatic rings. The second-order valence-corrected chi connectivity index (χ2v) is 6.87. The number of rotatable bonds is 5. The summed E-state index contributed by atoms with van der Waals surface area (Å²) in [6, 6.07) is 0.217. The Bertz CT molecular complexity index is 294. The lowest BCUT2D eigenvalue weighted by Crippen LogP contribution is -2.43. The molecule has 1 amide bonds. The van der Waals surface area contributed by atoms with Crippen LogP contribution in [0, 0.1) is 5.92 Å². The summed E-state index contributed by atoms with van der Waals surface area (Å²) in [5, 5.41) is 15.7. The summed E-state index contributed by atoms with van der Waals surface area (Å²) >= 11 is 0. The molecule has 0 bridgehead atoms. The van der Waals surface area contributed by atoms with Gasteiger partial charge in [-0.25, -0.2) is 4.79 Å². The van der Waals surface area contributed by atoms with Gasteiger partial charge < -0.3 is 20.5 Å². The third-order valence-corrected chi connectivity index (χ3v) is 3.52. The predicted molar refractivity (Wildman–Crippen MR) is 79.7 cm³/mol. The molecule has 0 aromatic carbocycles. The van der Waals surface area contributed by atoms with E-state index < -0.39 is 5.60 Å². The van der Waals surface area contributed by atoms with Crippen LogP contribution < -0.4 is 10.6 Å². The molecule has 0 spiro atoms. The Hall–Kier alpha value is -0.810. The third-order valence-electron chi connectivity index (χ3n) is 3.52. The minimum Gasteiger partial charge on any atom is -0.444 e. The zero-order valence-corrected chi connectivity index (χ0v) is 13.2. The minimum absolute atomic E-state index is 0.0995. The molecule has 1 rings (SSSR count). The van der Waals surface area contributed by atoms with Gasteiger partial charge in [-0.3, -0.25) is 0 Å². The predicted octanol–water partition coefficient (Wildman–Crippen LogP) is 2.04. The van der Waals surface area contributed by atoms with E-state index in [2.05, 4.69) is 17.6 Å². The van der Waals surface area contributed by atoms with Gasteiger partial charge in [0.2, 0.25) is 0 Å². The maximum absolute atomic E-state index is 11.5. The van der Waals surface area contributed by atoms with E-state index in [1.807, 2.05) is 20.8 Å². The lowest BCUT2D eigenvalue weighted by atomic mass is 9.87. The first-order valence-electron chi connectivity index (χ1n) is 7.64. The van der Waals surface area contributed by atoms with Crippen molar-refractivity contribution in [1.29, 1.82) is 0 Å². The average molecular weight is 286 g/mol. The summed E-state index contributed by atoms with van der Waals surface area (Å²) in [6.45, 7) is 9.12. The average Bonchev–Trinajstić information content (AvgIpc) is 2.33. The molecule has 1 unspecified atom stereocenters. The molecule has 5 heteroatoms. The molecule has 0 radical (unpaired) electrons. The zero-order valence-electron chi connectivity index (χ0n) is 13.2. The van der Waals surface area contributed by atoms with Gasteiger partial charge in [-0.05, 0) is 65.8 Å². The standard InChI is InChI=1S/C15H30N2O3/c1-11(9-17-14(19)20-15(2,3)4)16-10-12-5-7-13(18)8-6-12/h11-13,16,18H,5-10H2,1-4H3,(H,17,19). The van der Waals surface area contributed by atoms with E-state index >= 15 is 0 Å². The molecule has 1 aliphatic rings. The van der Waals surface area contributed by atoms with Gasteiger partial charge in [0.25, 0.3) is 0 Å². The maximum atomic E-state index is 11.5. The Morgan fingerprint density at radius 3 is 2.45 bits per heavy atom. The Morgan fingerprint density at radius 1 is 1.30 bits per heavy atom. The second kappa shape index (κ2) is 7.84. The summed E-state index contributed by atoms with van der Waals surface area (Å²) < 4.78 is 5.19. The Morgan fingerprint density at radius 2 is 1.90 bits per heavy atom. The van der Waals surface area contributed by atoms with Crippen LogP contribution in [0.1, 0.15) is 53.4 Å². The highest BCUT2D eigenvalue weighted by molar-refractivity contribution is 5.67. The smallest absolute Gasteiger partial charge is 0.407 e. The van der Waals surface area contributed by atoms with Crippen molar-refractivity contribution < 1.29 is 14.6 Å². The van der Waals surface area contributed by atoms with Crippen LogP contribution in [0.4, 0.5) is 4.79 Å². The van der Waals surface area contributed by atoms with Crippen molar-refractivity contribution in [1.82, 2.24) is 10.6 Å². The van der Waals surface area contributed by atoms with Crippen LogP contribution in [0.25, 0.3) is 0 Å². The van der Waals surface area contributed by atoms with E-state index in [1.165, 1.54) is 0 Å². The minimum atomic E-state index is -0.455. The molecule has 118 valence electrons. The van der Waals surface area contributed by atoms with Crippen LogP contribution >= 0.6 is 0 Å². The first kappa shape index (κ1) is 17.2. The monoisotopic (exact) mass is 286 g/mol. The molecular formula is C15H30N2O3. The fourth-order valence-corrected chi connectivity index (χ4v) is 2.34. The Balaban J connectivity index is 2.11. The Kier molecular flexibility index (Phi) is 6.76. The normalized spacial score (nSPS) is 25.1. The highest BCUT2D eigenvalue weighted by Crippen LogP contribution is 2.23. The number of ether oxygens (including phenoxy) is 1. The first-order valence-corrected chi connectivity index (χ1v) is 7.64. The van der Waals surface area contributed by atoms with E-state index in [4.69, 9.17) is 4.74 Å². The second-order valence-electron chi connectivity index (χ2n) is 6.87. The van der Waals surface area contributed by atoms with Crippen molar-refractivity contribution in [2.45, 2.75) is 71.1 Å². The van der Waals surface area contributed by atoms with Crippen molar-refractivity contribution in [2.75, 3.05) is 13.1 Å². The molecule has 0 aromatic heterocycles. The molecule has 5 nitrogen and oxygen atoms in total. The van der Waals surface area contributed by atoms with Crippen LogP contribution in [0.5, 0.6) is 0 Å². The fraction of sp³-hybridized carbons (Fsp3) is 0.933. The van der Waals surface area contributed by atoms with Gasteiger partial charge in [-0.15, -0.1) is 0 Å². The van der Waals surface area contributed by atoms with Crippen LogP contribution in [0.3, 0.4) is 0 Å². The van der Waals surface area contributed by atoms with E-state index in [9.17, 15) is 9.90 Å². The van der Waals surface area contributed by atoms with E-state index in [-0.39, 0.29) is 18.2 Å². The van der Waals surface area contributed by atoms with Crippen molar-refractivity contribution in [3.05, 3.63) is 0 Å². The van der Waals surface area contributed by atoms with Crippen molar-refractivity contribution >= 4 is 6.09 Å². The molecule has 0 heterocycles. The number of hydrogen-bond acceptors (Lipinski definition) is 4. The van der Waals surface area contributed by atoms with Gasteiger partial charge in [-0.1, -0.05) is 0 Å². The lowest BCUT2D eigenvalue weighted by Gasteiger charge is -2.27.